The molecule has 0 radical (unpaired) electrons. The third-order valence-corrected chi connectivity index (χ3v) is 6.35. The van der Waals surface area contributed by atoms with Crippen LogP contribution in [-0.4, -0.2) is 30.9 Å². The van der Waals surface area contributed by atoms with Gasteiger partial charge in [0.1, 0.15) is 0 Å². The molecule has 2 aromatic heterocycles. The van der Waals surface area contributed by atoms with Crippen LogP contribution in [-0.2, 0) is 0 Å². The van der Waals surface area contributed by atoms with Crippen molar-refractivity contribution in [3.63, 3.8) is 0 Å². The molecule has 0 saturated heterocycles. The minimum atomic E-state index is -0.189. The topological polar surface area (TPSA) is 72.7 Å². The molecule has 2 heterocycles. The van der Waals surface area contributed by atoms with Gasteiger partial charge in [0.15, 0.2) is 10.9 Å². The Bertz CT molecular complexity index is 1120. The SMILES string of the molecule is Cc1ccc(-n2c(C)cc(C(=O)CSc3n[nH]c(=O)n3C3CC3)c2C)cc1C. The van der Waals surface area contributed by atoms with Crippen LogP contribution in [0.5, 0.6) is 0 Å². The van der Waals surface area contributed by atoms with Gasteiger partial charge in [-0.3, -0.25) is 9.36 Å². The molecule has 28 heavy (non-hydrogen) atoms. The minimum absolute atomic E-state index is 0.0472. The van der Waals surface area contributed by atoms with Crippen LogP contribution in [0, 0.1) is 27.7 Å². The monoisotopic (exact) mass is 396 g/mol. The van der Waals surface area contributed by atoms with Crippen molar-refractivity contribution in [3.8, 4) is 5.69 Å². The third kappa shape index (κ3) is 3.35. The van der Waals surface area contributed by atoms with Crippen molar-refractivity contribution >= 4 is 17.5 Å². The number of Topliss-reactive ketones (excluding diaryl/α,β-unsaturated/α-hetero) is 1. The van der Waals surface area contributed by atoms with Crippen LogP contribution >= 0.6 is 11.8 Å². The minimum Gasteiger partial charge on any atom is -0.318 e. The van der Waals surface area contributed by atoms with Gasteiger partial charge in [-0.15, -0.1) is 5.10 Å². The number of aromatic amines is 1. The summed E-state index contributed by atoms with van der Waals surface area (Å²) in [7, 11) is 0. The Labute approximate surface area is 168 Å². The third-order valence-electron chi connectivity index (χ3n) is 5.40. The molecule has 146 valence electrons. The van der Waals surface area contributed by atoms with Crippen LogP contribution in [0.1, 0.15) is 51.8 Å². The number of nitrogens with zero attached hydrogens (tertiary/aromatic N) is 3. The maximum Gasteiger partial charge on any atom is 0.344 e. The van der Waals surface area contributed by atoms with Crippen molar-refractivity contribution in [2.24, 2.45) is 0 Å². The molecule has 0 bridgehead atoms. The molecule has 1 N–H and O–H groups in total. The summed E-state index contributed by atoms with van der Waals surface area (Å²) in [5.74, 6) is 0.305. The maximum atomic E-state index is 12.9. The van der Waals surface area contributed by atoms with E-state index in [4.69, 9.17) is 0 Å². The van der Waals surface area contributed by atoms with Crippen LogP contribution in [0.2, 0.25) is 0 Å². The Balaban J connectivity index is 1.57. The van der Waals surface area contributed by atoms with Crippen molar-refractivity contribution in [2.45, 2.75) is 51.7 Å². The van der Waals surface area contributed by atoms with Crippen molar-refractivity contribution < 1.29 is 4.79 Å². The van der Waals surface area contributed by atoms with E-state index in [0.717, 1.165) is 35.5 Å². The lowest BCUT2D eigenvalue weighted by Crippen LogP contribution is -2.16. The van der Waals surface area contributed by atoms with Gasteiger partial charge in [-0.25, -0.2) is 9.89 Å². The van der Waals surface area contributed by atoms with Gasteiger partial charge in [-0.1, -0.05) is 17.8 Å². The van der Waals surface area contributed by atoms with Crippen LogP contribution in [0.15, 0.2) is 34.2 Å². The Kier molecular flexibility index (Phi) is 4.79. The largest absolute Gasteiger partial charge is 0.344 e. The molecule has 0 spiro atoms. The van der Waals surface area contributed by atoms with Gasteiger partial charge >= 0.3 is 5.69 Å². The second kappa shape index (κ2) is 7.13. The number of aryl methyl sites for hydroxylation is 3. The number of aromatic nitrogens is 4. The van der Waals surface area contributed by atoms with E-state index in [2.05, 4.69) is 46.8 Å². The average molecular weight is 397 g/mol. The Morgan fingerprint density at radius 3 is 2.61 bits per heavy atom. The number of hydrogen-bond acceptors (Lipinski definition) is 4. The summed E-state index contributed by atoms with van der Waals surface area (Å²) in [4.78, 5) is 24.8. The molecule has 1 aromatic carbocycles. The maximum absolute atomic E-state index is 12.9. The summed E-state index contributed by atoms with van der Waals surface area (Å²) in [5.41, 5.74) is 6.05. The molecule has 1 fully saturated rings. The van der Waals surface area contributed by atoms with Crippen molar-refractivity contribution in [1.82, 2.24) is 19.3 Å². The number of benzene rings is 1. The van der Waals surface area contributed by atoms with E-state index < -0.39 is 0 Å². The zero-order valence-electron chi connectivity index (χ0n) is 16.6. The average Bonchev–Trinajstić information content (AvgIpc) is 3.36. The first-order chi connectivity index (χ1) is 13.4. The number of thioether (sulfide) groups is 1. The summed E-state index contributed by atoms with van der Waals surface area (Å²) in [6.07, 6.45) is 2.00. The highest BCUT2D eigenvalue weighted by Gasteiger charge is 2.29. The molecule has 0 aliphatic heterocycles. The van der Waals surface area contributed by atoms with Gasteiger partial charge in [0, 0.05) is 28.7 Å². The van der Waals surface area contributed by atoms with E-state index in [-0.39, 0.29) is 23.3 Å². The number of ketones is 1. The number of carbonyl (C=O) groups is 1. The Hall–Kier alpha value is -2.54. The lowest BCUT2D eigenvalue weighted by Gasteiger charge is -2.12. The van der Waals surface area contributed by atoms with Gasteiger partial charge in [-0.2, -0.15) is 0 Å². The number of nitrogens with one attached hydrogen (secondary N) is 1. The van der Waals surface area contributed by atoms with Crippen molar-refractivity contribution in [3.05, 3.63) is 62.8 Å². The normalized spacial score (nSPS) is 13.9. The van der Waals surface area contributed by atoms with E-state index in [1.54, 1.807) is 4.57 Å². The molecule has 0 atom stereocenters. The predicted octanol–water partition coefficient (Wildman–Crippen LogP) is 3.91. The molecule has 1 aliphatic carbocycles. The van der Waals surface area contributed by atoms with Gasteiger partial charge in [0.2, 0.25) is 0 Å². The highest BCUT2D eigenvalue weighted by atomic mass is 32.2. The fraction of sp³-hybridized carbons (Fsp3) is 0.381. The second-order valence-electron chi connectivity index (χ2n) is 7.51. The summed E-state index contributed by atoms with van der Waals surface area (Å²) in [6, 6.07) is 8.53. The fourth-order valence-electron chi connectivity index (χ4n) is 3.56. The lowest BCUT2D eigenvalue weighted by molar-refractivity contribution is 0.102. The van der Waals surface area contributed by atoms with Gasteiger partial charge in [0.05, 0.1) is 5.75 Å². The molecule has 0 amide bonds. The van der Waals surface area contributed by atoms with E-state index in [9.17, 15) is 9.59 Å². The van der Waals surface area contributed by atoms with Crippen LogP contribution < -0.4 is 5.69 Å². The quantitative estimate of drug-likeness (QED) is 0.507. The van der Waals surface area contributed by atoms with E-state index in [1.807, 2.05) is 19.9 Å². The second-order valence-corrected chi connectivity index (χ2v) is 8.46. The first-order valence-electron chi connectivity index (χ1n) is 9.46. The molecule has 7 heteroatoms. The van der Waals surface area contributed by atoms with Crippen LogP contribution in [0.4, 0.5) is 0 Å². The number of carbonyl (C=O) groups excluding carboxylic acids is 1. The zero-order valence-corrected chi connectivity index (χ0v) is 17.4. The van der Waals surface area contributed by atoms with Gasteiger partial charge in [0.25, 0.3) is 0 Å². The number of H-pyrrole nitrogens is 1. The number of hydrogen-bond donors (Lipinski definition) is 1. The zero-order chi connectivity index (χ0) is 20.0. The van der Waals surface area contributed by atoms with E-state index in [1.165, 1.54) is 22.9 Å². The number of rotatable bonds is 6. The van der Waals surface area contributed by atoms with Crippen LogP contribution in [0.25, 0.3) is 5.69 Å². The molecule has 3 aromatic rings. The summed E-state index contributed by atoms with van der Waals surface area (Å²) in [5, 5.41) is 7.18. The molecular weight excluding hydrogens is 372 g/mol. The Morgan fingerprint density at radius 1 is 1.18 bits per heavy atom. The smallest absolute Gasteiger partial charge is 0.318 e. The highest BCUT2D eigenvalue weighted by molar-refractivity contribution is 7.99. The molecule has 4 rings (SSSR count). The molecule has 6 nitrogen and oxygen atoms in total. The molecule has 0 unspecified atom stereocenters. The first kappa shape index (κ1) is 18.8. The highest BCUT2D eigenvalue weighted by Crippen LogP contribution is 2.36. The first-order valence-corrected chi connectivity index (χ1v) is 10.4. The summed E-state index contributed by atoms with van der Waals surface area (Å²) < 4.78 is 3.80. The van der Waals surface area contributed by atoms with E-state index in [0.29, 0.717) is 5.16 Å². The molecular formula is C21H24N4O2S. The predicted molar refractivity (Wildman–Crippen MR) is 111 cm³/mol. The van der Waals surface area contributed by atoms with Gasteiger partial charge in [-0.05, 0) is 69.9 Å². The standard InChI is InChI=1S/C21H24N4O2S/c1-12-5-6-17(9-13(12)2)24-14(3)10-18(15(24)4)19(26)11-28-21-23-22-20(27)25(21)16-7-8-16/h5-6,9-10,16H,7-8,11H2,1-4H3,(H,22,27). The van der Waals surface area contributed by atoms with Crippen molar-refractivity contribution in [2.75, 3.05) is 5.75 Å². The van der Waals surface area contributed by atoms with Crippen molar-refractivity contribution in [1.29, 1.82) is 0 Å². The Morgan fingerprint density at radius 2 is 1.93 bits per heavy atom. The molecule has 1 aliphatic rings. The molecule has 1 saturated carbocycles. The fourth-order valence-corrected chi connectivity index (χ4v) is 4.46. The van der Waals surface area contributed by atoms with Crippen LogP contribution in [0.3, 0.4) is 0 Å². The summed E-state index contributed by atoms with van der Waals surface area (Å²) >= 11 is 1.32. The summed E-state index contributed by atoms with van der Waals surface area (Å²) in [6.45, 7) is 8.19. The van der Waals surface area contributed by atoms with E-state index >= 15 is 0 Å². The van der Waals surface area contributed by atoms with Gasteiger partial charge < -0.3 is 4.57 Å². The lowest BCUT2D eigenvalue weighted by atomic mass is 10.1.